The average molecular weight is 439 g/mol. The number of rotatable bonds is 4. The zero-order chi connectivity index (χ0) is 19.9. The molecule has 1 aromatic heterocycles. The summed E-state index contributed by atoms with van der Waals surface area (Å²) in [6, 6.07) is 11.8. The first-order chi connectivity index (χ1) is 13.4. The molecule has 1 aliphatic rings. The van der Waals surface area contributed by atoms with Gasteiger partial charge in [0.25, 0.3) is 0 Å². The minimum atomic E-state index is -3.81. The Balaban J connectivity index is 1.66. The summed E-state index contributed by atoms with van der Waals surface area (Å²) in [5.41, 5.74) is 2.36. The van der Waals surface area contributed by atoms with Crippen molar-refractivity contribution in [2.75, 3.05) is 13.7 Å². The lowest BCUT2D eigenvalue weighted by atomic mass is 10.0. The normalized spacial score (nSPS) is 14.7. The van der Waals surface area contributed by atoms with E-state index in [-0.39, 0.29) is 17.2 Å². The predicted molar refractivity (Wildman–Crippen MR) is 106 cm³/mol. The van der Waals surface area contributed by atoms with Gasteiger partial charge in [0.1, 0.15) is 16.3 Å². The molecule has 0 bridgehead atoms. The molecular weight excluding hydrogens is 423 g/mol. The Kier molecular flexibility index (Phi) is 5.09. The monoisotopic (exact) mass is 438 g/mol. The van der Waals surface area contributed by atoms with Crippen LogP contribution >= 0.6 is 23.2 Å². The maximum Gasteiger partial charge on any atom is 0.247 e. The number of benzene rings is 2. The molecule has 4 rings (SSSR count). The number of sulfonamides is 1. The van der Waals surface area contributed by atoms with E-state index in [2.05, 4.69) is 5.16 Å². The van der Waals surface area contributed by atoms with E-state index in [1.807, 2.05) is 12.1 Å². The fourth-order valence-electron chi connectivity index (χ4n) is 3.23. The Morgan fingerprint density at radius 3 is 2.54 bits per heavy atom. The number of hydrogen-bond acceptors (Lipinski definition) is 5. The number of hydrogen-bond donors (Lipinski definition) is 0. The van der Waals surface area contributed by atoms with Crippen molar-refractivity contribution < 1.29 is 17.7 Å². The van der Waals surface area contributed by atoms with Crippen LogP contribution in [0.1, 0.15) is 11.3 Å². The topological polar surface area (TPSA) is 72.6 Å². The van der Waals surface area contributed by atoms with Crippen molar-refractivity contribution in [1.82, 2.24) is 9.46 Å². The first-order valence-electron chi connectivity index (χ1n) is 8.47. The third-order valence-corrected chi connectivity index (χ3v) is 7.01. The fourth-order valence-corrected chi connectivity index (χ4v) is 5.18. The van der Waals surface area contributed by atoms with Crippen molar-refractivity contribution in [2.24, 2.45) is 0 Å². The van der Waals surface area contributed by atoms with Crippen molar-refractivity contribution in [1.29, 1.82) is 0 Å². The maximum absolute atomic E-state index is 13.2. The molecule has 0 radical (unpaired) electrons. The molecule has 0 amide bonds. The summed E-state index contributed by atoms with van der Waals surface area (Å²) in [5, 5.41) is 5.05. The van der Waals surface area contributed by atoms with Gasteiger partial charge in [-0.05, 0) is 48.9 Å². The van der Waals surface area contributed by atoms with E-state index in [4.69, 9.17) is 32.5 Å². The summed E-state index contributed by atoms with van der Waals surface area (Å²) in [5.74, 6) is 0.890. The van der Waals surface area contributed by atoms with E-state index < -0.39 is 10.0 Å². The minimum Gasteiger partial charge on any atom is -0.495 e. The van der Waals surface area contributed by atoms with Crippen LogP contribution in [0, 0.1) is 0 Å². The molecule has 146 valence electrons. The first-order valence-corrected chi connectivity index (χ1v) is 10.7. The van der Waals surface area contributed by atoms with Crippen LogP contribution in [-0.2, 0) is 23.0 Å². The summed E-state index contributed by atoms with van der Waals surface area (Å²) in [7, 11) is -2.38. The van der Waals surface area contributed by atoms with Crippen molar-refractivity contribution in [3.63, 3.8) is 0 Å². The molecule has 1 aliphatic heterocycles. The minimum absolute atomic E-state index is 0.0346. The molecule has 0 atom stereocenters. The molecule has 28 heavy (non-hydrogen) atoms. The number of halogens is 2. The molecule has 0 unspecified atom stereocenters. The zero-order valence-electron chi connectivity index (χ0n) is 14.9. The zero-order valence-corrected chi connectivity index (χ0v) is 17.2. The van der Waals surface area contributed by atoms with Gasteiger partial charge >= 0.3 is 0 Å². The smallest absolute Gasteiger partial charge is 0.247 e. The Labute approximate surface area is 172 Å². The molecule has 9 heteroatoms. The van der Waals surface area contributed by atoms with Gasteiger partial charge in [0.05, 0.1) is 13.7 Å². The molecule has 0 saturated carbocycles. The average Bonchev–Trinajstić information content (AvgIpc) is 3.12. The predicted octanol–water partition coefficient (Wildman–Crippen LogP) is 4.40. The summed E-state index contributed by atoms with van der Waals surface area (Å²) in [4.78, 5) is 0.0346. The van der Waals surface area contributed by atoms with Gasteiger partial charge in [-0.2, -0.15) is 4.31 Å². The standard InChI is InChI=1S/C19H16Cl2N2O4S/c1-26-17-7-6-14(21)10-18(17)28(24,25)23-9-8-15-16(11-23)22-27-19(15)12-2-4-13(20)5-3-12/h2-7,10H,8-9,11H2,1H3. The third-order valence-electron chi connectivity index (χ3n) is 4.66. The van der Waals surface area contributed by atoms with Crippen LogP contribution in [0.2, 0.25) is 10.0 Å². The van der Waals surface area contributed by atoms with Crippen LogP contribution in [0.15, 0.2) is 51.9 Å². The van der Waals surface area contributed by atoms with E-state index in [1.54, 1.807) is 24.3 Å². The number of methoxy groups -OCH3 is 1. The van der Waals surface area contributed by atoms with Crippen molar-refractivity contribution in [3.05, 3.63) is 63.8 Å². The SMILES string of the molecule is COc1ccc(Cl)cc1S(=O)(=O)N1CCc2c(noc2-c2ccc(Cl)cc2)C1. The summed E-state index contributed by atoms with van der Waals surface area (Å²) in [6.07, 6.45) is 0.485. The van der Waals surface area contributed by atoms with Gasteiger partial charge in [0, 0.05) is 27.7 Å². The number of ether oxygens (including phenoxy) is 1. The summed E-state index contributed by atoms with van der Waals surface area (Å²) < 4.78 is 38.4. The highest BCUT2D eigenvalue weighted by atomic mass is 35.5. The lowest BCUT2D eigenvalue weighted by Crippen LogP contribution is -2.36. The van der Waals surface area contributed by atoms with E-state index in [0.717, 1.165) is 11.1 Å². The van der Waals surface area contributed by atoms with Crippen LogP contribution in [0.25, 0.3) is 11.3 Å². The van der Waals surface area contributed by atoms with Gasteiger partial charge in [-0.25, -0.2) is 8.42 Å². The lowest BCUT2D eigenvalue weighted by Gasteiger charge is -2.26. The largest absolute Gasteiger partial charge is 0.495 e. The van der Waals surface area contributed by atoms with Gasteiger partial charge in [0.15, 0.2) is 5.76 Å². The lowest BCUT2D eigenvalue weighted by molar-refractivity contribution is 0.364. The first kappa shape index (κ1) is 19.3. The second-order valence-electron chi connectivity index (χ2n) is 6.33. The molecule has 0 spiro atoms. The second kappa shape index (κ2) is 7.40. The molecule has 2 aromatic carbocycles. The van der Waals surface area contributed by atoms with Crippen LogP contribution in [0.5, 0.6) is 5.75 Å². The molecule has 0 saturated heterocycles. The van der Waals surface area contributed by atoms with Crippen molar-refractivity contribution in [3.8, 4) is 17.1 Å². The van der Waals surface area contributed by atoms with E-state index in [1.165, 1.54) is 17.5 Å². The highest BCUT2D eigenvalue weighted by Crippen LogP contribution is 2.35. The molecule has 0 aliphatic carbocycles. The van der Waals surface area contributed by atoms with Crippen LogP contribution in [0.4, 0.5) is 0 Å². The molecular formula is C19H16Cl2N2O4S. The van der Waals surface area contributed by atoms with Crippen molar-refractivity contribution >= 4 is 33.2 Å². The van der Waals surface area contributed by atoms with Crippen LogP contribution in [0.3, 0.4) is 0 Å². The Bertz CT molecular complexity index is 1130. The van der Waals surface area contributed by atoms with E-state index in [9.17, 15) is 8.42 Å². The molecule has 0 fully saturated rings. The second-order valence-corrected chi connectivity index (χ2v) is 9.11. The highest BCUT2D eigenvalue weighted by Gasteiger charge is 2.34. The third kappa shape index (κ3) is 3.39. The number of fused-ring (bicyclic) bond motifs is 1. The molecule has 0 N–H and O–H groups in total. The summed E-state index contributed by atoms with van der Waals surface area (Å²) >= 11 is 11.9. The van der Waals surface area contributed by atoms with Gasteiger partial charge < -0.3 is 9.26 Å². The Morgan fingerprint density at radius 2 is 1.82 bits per heavy atom. The van der Waals surface area contributed by atoms with Gasteiger partial charge in [0.2, 0.25) is 10.0 Å². The van der Waals surface area contributed by atoms with Gasteiger partial charge in [-0.3, -0.25) is 0 Å². The van der Waals surface area contributed by atoms with Crippen molar-refractivity contribution in [2.45, 2.75) is 17.9 Å². The Hall–Kier alpha value is -2.06. The quantitative estimate of drug-likeness (QED) is 0.603. The van der Waals surface area contributed by atoms with E-state index in [0.29, 0.717) is 34.5 Å². The molecule has 6 nitrogen and oxygen atoms in total. The van der Waals surface area contributed by atoms with Gasteiger partial charge in [-0.1, -0.05) is 28.4 Å². The Morgan fingerprint density at radius 1 is 1.11 bits per heavy atom. The summed E-state index contributed by atoms with van der Waals surface area (Å²) in [6.45, 7) is 0.414. The van der Waals surface area contributed by atoms with Gasteiger partial charge in [-0.15, -0.1) is 0 Å². The molecule has 3 aromatic rings. The fraction of sp³-hybridized carbons (Fsp3) is 0.211. The molecule has 2 heterocycles. The van der Waals surface area contributed by atoms with Crippen LogP contribution < -0.4 is 4.74 Å². The van der Waals surface area contributed by atoms with Crippen LogP contribution in [-0.4, -0.2) is 31.5 Å². The number of nitrogens with zero attached hydrogens (tertiary/aromatic N) is 2. The highest BCUT2D eigenvalue weighted by molar-refractivity contribution is 7.89. The van der Waals surface area contributed by atoms with E-state index >= 15 is 0 Å². The maximum atomic E-state index is 13.2. The number of aromatic nitrogens is 1.